The van der Waals surface area contributed by atoms with Gasteiger partial charge in [0.05, 0.1) is 6.42 Å². The highest BCUT2D eigenvalue weighted by Gasteiger charge is 2.19. The molecule has 0 unspecified atom stereocenters. The maximum atomic E-state index is 12.8. The number of ether oxygens (including phenoxy) is 2. The maximum Gasteiger partial charge on any atom is 0.407 e. The van der Waals surface area contributed by atoms with E-state index < -0.39 is 35.5 Å². The molecular formula is C17H23FN2O5. The van der Waals surface area contributed by atoms with Crippen LogP contribution < -0.4 is 10.6 Å². The van der Waals surface area contributed by atoms with E-state index in [0.29, 0.717) is 5.69 Å². The van der Waals surface area contributed by atoms with Crippen molar-refractivity contribution < 1.29 is 28.2 Å². The number of carbonyl (C=O) groups is 3. The molecule has 138 valence electrons. The Kier molecular flexibility index (Phi) is 7.35. The van der Waals surface area contributed by atoms with Crippen LogP contribution in [0.1, 0.15) is 34.1 Å². The Balaban J connectivity index is 2.32. The van der Waals surface area contributed by atoms with Crippen LogP contribution in [0.3, 0.4) is 0 Å². The molecule has 1 atom stereocenters. The molecule has 2 amide bonds. The standard InChI is InChI=1S/C17H23FN2O5/c1-11(15(22)20-13-7-5-12(18)6-8-13)24-14(21)9-10-19-16(23)25-17(2,3)4/h5-8,11H,9-10H2,1-4H3,(H,19,23)(H,20,22)/t11-/m1/s1. The Morgan fingerprint density at radius 1 is 1.16 bits per heavy atom. The Labute approximate surface area is 145 Å². The topological polar surface area (TPSA) is 93.7 Å². The largest absolute Gasteiger partial charge is 0.452 e. The molecule has 0 saturated carbocycles. The number of alkyl carbamates (subject to hydrolysis) is 1. The van der Waals surface area contributed by atoms with Crippen molar-refractivity contribution in [2.75, 3.05) is 11.9 Å². The summed E-state index contributed by atoms with van der Waals surface area (Å²) < 4.78 is 22.8. The third-order valence-electron chi connectivity index (χ3n) is 2.79. The lowest BCUT2D eigenvalue weighted by Crippen LogP contribution is -2.35. The number of nitrogens with one attached hydrogen (secondary N) is 2. The number of esters is 1. The lowest BCUT2D eigenvalue weighted by Gasteiger charge is -2.19. The monoisotopic (exact) mass is 354 g/mol. The normalized spacial score (nSPS) is 12.0. The number of hydrogen-bond acceptors (Lipinski definition) is 5. The quantitative estimate of drug-likeness (QED) is 0.766. The molecule has 0 aromatic heterocycles. The summed E-state index contributed by atoms with van der Waals surface area (Å²) >= 11 is 0. The molecular weight excluding hydrogens is 331 g/mol. The molecule has 0 radical (unpaired) electrons. The number of rotatable bonds is 6. The second-order valence-electron chi connectivity index (χ2n) is 6.31. The molecule has 0 aliphatic heterocycles. The zero-order valence-electron chi connectivity index (χ0n) is 14.7. The zero-order chi connectivity index (χ0) is 19.0. The van der Waals surface area contributed by atoms with E-state index >= 15 is 0 Å². The molecule has 0 bridgehead atoms. The Morgan fingerprint density at radius 2 is 1.76 bits per heavy atom. The van der Waals surface area contributed by atoms with Gasteiger partial charge in [0.1, 0.15) is 11.4 Å². The Bertz CT molecular complexity index is 610. The third kappa shape index (κ3) is 8.69. The number of hydrogen-bond donors (Lipinski definition) is 2. The second-order valence-corrected chi connectivity index (χ2v) is 6.31. The predicted octanol–water partition coefficient (Wildman–Crippen LogP) is 2.61. The lowest BCUT2D eigenvalue weighted by molar-refractivity contribution is -0.153. The first-order valence-electron chi connectivity index (χ1n) is 7.79. The van der Waals surface area contributed by atoms with Crippen LogP contribution in [0.2, 0.25) is 0 Å². The number of carbonyl (C=O) groups excluding carboxylic acids is 3. The summed E-state index contributed by atoms with van der Waals surface area (Å²) in [6, 6.07) is 5.20. The minimum Gasteiger partial charge on any atom is -0.452 e. The van der Waals surface area contributed by atoms with Crippen LogP contribution in [-0.4, -0.2) is 36.2 Å². The van der Waals surface area contributed by atoms with Gasteiger partial charge in [0.25, 0.3) is 5.91 Å². The van der Waals surface area contributed by atoms with Crippen molar-refractivity contribution in [2.24, 2.45) is 0 Å². The lowest BCUT2D eigenvalue weighted by atomic mass is 10.2. The van der Waals surface area contributed by atoms with Crippen molar-refractivity contribution in [3.8, 4) is 0 Å². The third-order valence-corrected chi connectivity index (χ3v) is 2.79. The molecule has 0 heterocycles. The fourth-order valence-corrected chi connectivity index (χ4v) is 1.67. The fraction of sp³-hybridized carbons (Fsp3) is 0.471. The van der Waals surface area contributed by atoms with E-state index in [2.05, 4.69) is 10.6 Å². The summed E-state index contributed by atoms with van der Waals surface area (Å²) in [6.45, 7) is 6.62. The zero-order valence-corrected chi connectivity index (χ0v) is 14.7. The van der Waals surface area contributed by atoms with Gasteiger partial charge in [-0.15, -0.1) is 0 Å². The van der Waals surface area contributed by atoms with Crippen molar-refractivity contribution in [1.82, 2.24) is 5.32 Å². The average Bonchev–Trinajstić information content (AvgIpc) is 2.47. The maximum absolute atomic E-state index is 12.8. The van der Waals surface area contributed by atoms with Crippen molar-refractivity contribution in [3.63, 3.8) is 0 Å². The van der Waals surface area contributed by atoms with Gasteiger partial charge >= 0.3 is 12.1 Å². The molecule has 8 heteroatoms. The number of amides is 2. The van der Waals surface area contributed by atoms with Gasteiger partial charge in [0.15, 0.2) is 6.10 Å². The van der Waals surface area contributed by atoms with Gasteiger partial charge in [-0.1, -0.05) is 0 Å². The van der Waals surface area contributed by atoms with Crippen LogP contribution >= 0.6 is 0 Å². The van der Waals surface area contributed by atoms with Gasteiger partial charge in [0.2, 0.25) is 0 Å². The summed E-state index contributed by atoms with van der Waals surface area (Å²) in [5.41, 5.74) is -0.238. The van der Waals surface area contributed by atoms with Gasteiger partial charge in [0, 0.05) is 12.2 Å². The first-order chi connectivity index (χ1) is 11.6. The van der Waals surface area contributed by atoms with Crippen LogP contribution in [0, 0.1) is 5.82 Å². The second kappa shape index (κ2) is 9.00. The van der Waals surface area contributed by atoms with Crippen molar-refractivity contribution >= 4 is 23.7 Å². The molecule has 1 rings (SSSR count). The van der Waals surface area contributed by atoms with E-state index in [9.17, 15) is 18.8 Å². The molecule has 0 aliphatic carbocycles. The van der Waals surface area contributed by atoms with Gasteiger partial charge in [-0.25, -0.2) is 9.18 Å². The summed E-state index contributed by atoms with van der Waals surface area (Å²) in [6.07, 6.45) is -1.77. The smallest absolute Gasteiger partial charge is 0.407 e. The summed E-state index contributed by atoms with van der Waals surface area (Å²) in [5.74, 6) is -1.60. The van der Waals surface area contributed by atoms with Gasteiger partial charge in [-0.05, 0) is 52.0 Å². The number of benzene rings is 1. The van der Waals surface area contributed by atoms with Crippen LogP contribution in [0.15, 0.2) is 24.3 Å². The van der Waals surface area contributed by atoms with Crippen molar-refractivity contribution in [1.29, 1.82) is 0 Å². The van der Waals surface area contributed by atoms with Crippen LogP contribution in [0.5, 0.6) is 0 Å². The predicted molar refractivity (Wildman–Crippen MR) is 89.4 cm³/mol. The van der Waals surface area contributed by atoms with Gasteiger partial charge in [-0.2, -0.15) is 0 Å². The van der Waals surface area contributed by atoms with Gasteiger partial charge in [-0.3, -0.25) is 9.59 Å². The Hall–Kier alpha value is -2.64. The number of halogens is 1. The van der Waals surface area contributed by atoms with E-state index in [1.54, 1.807) is 20.8 Å². The molecule has 0 fully saturated rings. The van der Waals surface area contributed by atoms with Crippen molar-refractivity contribution in [2.45, 2.75) is 45.8 Å². The highest BCUT2D eigenvalue weighted by atomic mass is 19.1. The first-order valence-corrected chi connectivity index (χ1v) is 7.79. The SMILES string of the molecule is C[C@@H](OC(=O)CCNC(=O)OC(C)(C)C)C(=O)Nc1ccc(F)cc1. The highest BCUT2D eigenvalue weighted by Crippen LogP contribution is 2.09. The molecule has 2 N–H and O–H groups in total. The van der Waals surface area contributed by atoms with E-state index in [1.165, 1.54) is 31.2 Å². The van der Waals surface area contributed by atoms with Crippen molar-refractivity contribution in [3.05, 3.63) is 30.1 Å². The van der Waals surface area contributed by atoms with E-state index in [4.69, 9.17) is 9.47 Å². The number of anilines is 1. The van der Waals surface area contributed by atoms with E-state index in [-0.39, 0.29) is 13.0 Å². The molecule has 0 spiro atoms. The summed E-state index contributed by atoms with van der Waals surface area (Å²) in [4.78, 5) is 35.0. The van der Waals surface area contributed by atoms with Crippen LogP contribution in [0.25, 0.3) is 0 Å². The molecule has 7 nitrogen and oxygen atoms in total. The average molecular weight is 354 g/mol. The highest BCUT2D eigenvalue weighted by molar-refractivity contribution is 5.95. The molecule has 1 aromatic rings. The fourth-order valence-electron chi connectivity index (χ4n) is 1.67. The molecule has 25 heavy (non-hydrogen) atoms. The van der Waals surface area contributed by atoms with Crippen LogP contribution in [-0.2, 0) is 19.1 Å². The molecule has 0 saturated heterocycles. The minimum atomic E-state index is -1.03. The van der Waals surface area contributed by atoms with Gasteiger partial charge < -0.3 is 20.1 Å². The summed E-state index contributed by atoms with van der Waals surface area (Å²) in [5, 5.41) is 4.92. The minimum absolute atomic E-state index is 0.0278. The molecule has 0 aliphatic rings. The molecule has 1 aromatic carbocycles. The first kappa shape index (κ1) is 20.4. The Morgan fingerprint density at radius 3 is 2.32 bits per heavy atom. The van der Waals surface area contributed by atoms with Crippen LogP contribution in [0.4, 0.5) is 14.9 Å². The summed E-state index contributed by atoms with van der Waals surface area (Å²) in [7, 11) is 0. The van der Waals surface area contributed by atoms with E-state index in [1.807, 2.05) is 0 Å². The van der Waals surface area contributed by atoms with E-state index in [0.717, 1.165) is 0 Å².